The van der Waals surface area contributed by atoms with Crippen LogP contribution >= 0.6 is 0 Å². The minimum atomic E-state index is 0.288. The Bertz CT molecular complexity index is 599. The number of rotatable bonds is 37. The third-order valence-corrected chi connectivity index (χ3v) is 8.66. The smallest absolute Gasteiger partial charge is 0.0593 e. The summed E-state index contributed by atoms with van der Waals surface area (Å²) in [4.78, 5) is 2.50. The molecule has 260 valence electrons. The van der Waals surface area contributed by atoms with Crippen molar-refractivity contribution in [1.82, 2.24) is 4.90 Å². The van der Waals surface area contributed by atoms with Crippen molar-refractivity contribution in [2.24, 2.45) is 0 Å². The lowest BCUT2D eigenvalue weighted by Gasteiger charge is -2.22. The molecule has 0 aliphatic carbocycles. The van der Waals surface area contributed by atoms with E-state index in [0.29, 0.717) is 0 Å². The van der Waals surface area contributed by atoms with Gasteiger partial charge in [-0.1, -0.05) is 147 Å². The number of ether oxygens (including phenoxy) is 1. The Labute approximate surface area is 277 Å². The van der Waals surface area contributed by atoms with Gasteiger partial charge in [0, 0.05) is 26.3 Å². The van der Waals surface area contributed by atoms with E-state index in [1.54, 1.807) is 0 Å². The predicted molar refractivity (Wildman–Crippen MR) is 198 cm³/mol. The molecule has 1 N–H and O–H groups in total. The standard InChI is InChI=1S/C41H79NO2/c1-3-5-7-9-11-13-15-17-19-21-23-25-27-29-31-33-36-42(37-35-39-43)38-41-44-40-34-32-30-28-26-24-22-20-18-16-14-12-10-8-6-4-2/h11,13,17-20,43H,3-10,12,14-16,21-41H2,1-2H3/b13-11-,19-17-,20-18-. The minimum absolute atomic E-state index is 0.288. The Kier molecular flexibility index (Phi) is 39.3. The first kappa shape index (κ1) is 43.1. The van der Waals surface area contributed by atoms with Gasteiger partial charge in [-0.2, -0.15) is 0 Å². The average Bonchev–Trinajstić information content (AvgIpc) is 3.04. The van der Waals surface area contributed by atoms with Crippen LogP contribution in [0.3, 0.4) is 0 Å². The molecule has 0 bridgehead atoms. The molecule has 0 spiro atoms. The molecule has 0 unspecified atom stereocenters. The van der Waals surface area contributed by atoms with E-state index in [4.69, 9.17) is 4.74 Å². The van der Waals surface area contributed by atoms with E-state index in [2.05, 4.69) is 55.2 Å². The monoisotopic (exact) mass is 618 g/mol. The molecule has 3 heteroatoms. The predicted octanol–water partition coefficient (Wildman–Crippen LogP) is 12.5. The van der Waals surface area contributed by atoms with Gasteiger partial charge in [0.25, 0.3) is 0 Å². The van der Waals surface area contributed by atoms with Gasteiger partial charge in [0.15, 0.2) is 0 Å². The average molecular weight is 618 g/mol. The van der Waals surface area contributed by atoms with Crippen LogP contribution in [0.4, 0.5) is 0 Å². The zero-order valence-electron chi connectivity index (χ0n) is 30.1. The maximum atomic E-state index is 9.29. The Balaban J connectivity index is 3.53. The number of aliphatic hydroxyl groups is 1. The molecule has 0 aromatic rings. The van der Waals surface area contributed by atoms with Crippen molar-refractivity contribution >= 4 is 0 Å². The highest BCUT2D eigenvalue weighted by Crippen LogP contribution is 2.11. The fourth-order valence-electron chi connectivity index (χ4n) is 5.70. The summed E-state index contributed by atoms with van der Waals surface area (Å²) in [5.74, 6) is 0. The molecule has 0 saturated heterocycles. The molecule has 0 aliphatic heterocycles. The van der Waals surface area contributed by atoms with Crippen molar-refractivity contribution in [2.75, 3.05) is 39.5 Å². The second kappa shape index (κ2) is 40.1. The molecule has 0 amide bonds. The van der Waals surface area contributed by atoms with Gasteiger partial charge in [-0.3, -0.25) is 0 Å². The van der Waals surface area contributed by atoms with Crippen LogP contribution in [0.15, 0.2) is 36.5 Å². The van der Waals surface area contributed by atoms with Crippen LogP contribution in [-0.2, 0) is 4.74 Å². The number of allylic oxidation sites excluding steroid dienone is 6. The number of unbranched alkanes of at least 4 members (excludes halogenated alkanes) is 21. The van der Waals surface area contributed by atoms with E-state index in [0.717, 1.165) is 45.7 Å². The third kappa shape index (κ3) is 37.3. The molecule has 3 nitrogen and oxygen atoms in total. The molecule has 0 fully saturated rings. The first-order valence-corrected chi connectivity index (χ1v) is 19.7. The second-order valence-corrected chi connectivity index (χ2v) is 13.1. The summed E-state index contributed by atoms with van der Waals surface area (Å²) < 4.78 is 5.97. The van der Waals surface area contributed by atoms with Crippen LogP contribution in [0.25, 0.3) is 0 Å². The Morgan fingerprint density at radius 2 is 0.818 bits per heavy atom. The quantitative estimate of drug-likeness (QED) is 0.0556. The van der Waals surface area contributed by atoms with Crippen molar-refractivity contribution in [1.29, 1.82) is 0 Å². The molecule has 0 heterocycles. The summed E-state index contributed by atoms with van der Waals surface area (Å²) >= 11 is 0. The van der Waals surface area contributed by atoms with E-state index in [1.807, 2.05) is 0 Å². The van der Waals surface area contributed by atoms with Gasteiger partial charge in [0.1, 0.15) is 0 Å². The molecule has 0 aromatic heterocycles. The van der Waals surface area contributed by atoms with E-state index >= 15 is 0 Å². The van der Waals surface area contributed by atoms with Gasteiger partial charge in [-0.15, -0.1) is 0 Å². The van der Waals surface area contributed by atoms with Gasteiger partial charge in [-0.05, 0) is 83.6 Å². The summed E-state index contributed by atoms with van der Waals surface area (Å²) in [6.45, 7) is 9.72. The Morgan fingerprint density at radius 1 is 0.409 bits per heavy atom. The molecule has 0 rings (SSSR count). The lowest BCUT2D eigenvalue weighted by atomic mass is 10.1. The fraction of sp³-hybridized carbons (Fsp3) is 0.854. The highest BCUT2D eigenvalue weighted by atomic mass is 16.5. The molecular formula is C41H79NO2. The fourth-order valence-corrected chi connectivity index (χ4v) is 5.70. The van der Waals surface area contributed by atoms with Gasteiger partial charge in [0.2, 0.25) is 0 Å². The maximum Gasteiger partial charge on any atom is 0.0593 e. The second-order valence-electron chi connectivity index (χ2n) is 13.1. The third-order valence-electron chi connectivity index (χ3n) is 8.66. The molecule has 0 radical (unpaired) electrons. The Hall–Kier alpha value is -0.900. The van der Waals surface area contributed by atoms with Crippen LogP contribution < -0.4 is 0 Å². The molecule has 44 heavy (non-hydrogen) atoms. The lowest BCUT2D eigenvalue weighted by Crippen LogP contribution is -2.30. The van der Waals surface area contributed by atoms with Gasteiger partial charge in [0.05, 0.1) is 6.61 Å². The first-order valence-electron chi connectivity index (χ1n) is 19.7. The van der Waals surface area contributed by atoms with Crippen molar-refractivity contribution in [3.63, 3.8) is 0 Å². The van der Waals surface area contributed by atoms with Crippen LogP contribution in [0.5, 0.6) is 0 Å². The first-order chi connectivity index (χ1) is 21.8. The van der Waals surface area contributed by atoms with E-state index in [9.17, 15) is 5.11 Å². The molecule has 0 saturated carbocycles. The van der Waals surface area contributed by atoms with Crippen LogP contribution in [0.1, 0.15) is 187 Å². The summed E-state index contributed by atoms with van der Waals surface area (Å²) in [5, 5.41) is 9.29. The zero-order valence-corrected chi connectivity index (χ0v) is 30.1. The summed E-state index contributed by atoms with van der Waals surface area (Å²) in [6.07, 6.45) is 49.5. The maximum absolute atomic E-state index is 9.29. The van der Waals surface area contributed by atoms with E-state index in [1.165, 1.54) is 161 Å². The summed E-state index contributed by atoms with van der Waals surface area (Å²) in [6, 6.07) is 0. The van der Waals surface area contributed by atoms with Crippen LogP contribution in [0, 0.1) is 0 Å². The summed E-state index contributed by atoms with van der Waals surface area (Å²) in [7, 11) is 0. The molecule has 0 aromatic carbocycles. The van der Waals surface area contributed by atoms with Gasteiger partial charge < -0.3 is 14.7 Å². The summed E-state index contributed by atoms with van der Waals surface area (Å²) in [5.41, 5.74) is 0. The Morgan fingerprint density at radius 3 is 1.36 bits per heavy atom. The van der Waals surface area contributed by atoms with Crippen LogP contribution in [-0.4, -0.2) is 49.5 Å². The molecular weight excluding hydrogens is 538 g/mol. The van der Waals surface area contributed by atoms with Crippen molar-refractivity contribution in [3.8, 4) is 0 Å². The minimum Gasteiger partial charge on any atom is -0.396 e. The zero-order chi connectivity index (χ0) is 31.9. The van der Waals surface area contributed by atoms with Crippen molar-refractivity contribution in [3.05, 3.63) is 36.5 Å². The SMILES string of the molecule is CCCCC/C=C\C/C=C\CCCCCCCCN(CCCO)CCOCCCCCCCC/C=C\CCCCCCCC. The highest BCUT2D eigenvalue weighted by Gasteiger charge is 2.05. The molecule has 0 aliphatic rings. The van der Waals surface area contributed by atoms with Gasteiger partial charge in [-0.25, -0.2) is 0 Å². The number of hydrogen-bond acceptors (Lipinski definition) is 3. The topological polar surface area (TPSA) is 32.7 Å². The molecule has 0 atom stereocenters. The van der Waals surface area contributed by atoms with E-state index in [-0.39, 0.29) is 6.61 Å². The highest BCUT2D eigenvalue weighted by molar-refractivity contribution is 4.92. The van der Waals surface area contributed by atoms with Crippen molar-refractivity contribution < 1.29 is 9.84 Å². The number of nitrogens with zero attached hydrogens (tertiary/aromatic N) is 1. The van der Waals surface area contributed by atoms with E-state index < -0.39 is 0 Å². The van der Waals surface area contributed by atoms with Gasteiger partial charge >= 0.3 is 0 Å². The largest absolute Gasteiger partial charge is 0.396 e. The lowest BCUT2D eigenvalue weighted by molar-refractivity contribution is 0.0969. The van der Waals surface area contributed by atoms with Crippen molar-refractivity contribution in [2.45, 2.75) is 187 Å². The number of aliphatic hydroxyl groups excluding tert-OH is 1. The normalized spacial score (nSPS) is 12.3. The number of hydrogen-bond donors (Lipinski definition) is 1. The van der Waals surface area contributed by atoms with Crippen LogP contribution in [0.2, 0.25) is 0 Å².